The summed E-state index contributed by atoms with van der Waals surface area (Å²) in [4.78, 5) is 27.4. The van der Waals surface area contributed by atoms with Crippen molar-refractivity contribution in [3.63, 3.8) is 0 Å². The van der Waals surface area contributed by atoms with Crippen LogP contribution in [-0.4, -0.2) is 30.0 Å². The summed E-state index contributed by atoms with van der Waals surface area (Å²) in [5.41, 5.74) is 1.04. The normalized spacial score (nSPS) is 10.0. The first-order valence-electron chi connectivity index (χ1n) is 6.74. The molecule has 3 amide bonds. The van der Waals surface area contributed by atoms with E-state index in [1.807, 2.05) is 0 Å². The van der Waals surface area contributed by atoms with Gasteiger partial charge in [-0.25, -0.2) is 4.79 Å². The third-order valence-electron chi connectivity index (χ3n) is 2.82. The lowest BCUT2D eigenvalue weighted by Gasteiger charge is -2.09. The van der Waals surface area contributed by atoms with Crippen molar-refractivity contribution in [3.05, 3.63) is 58.3 Å². The quantitative estimate of drug-likeness (QED) is 0.723. The van der Waals surface area contributed by atoms with E-state index in [-0.39, 0.29) is 25.0 Å². The molecule has 0 spiro atoms. The Morgan fingerprint density at radius 1 is 0.957 bits per heavy atom. The summed E-state index contributed by atoms with van der Waals surface area (Å²) < 4.78 is 0. The number of urea groups is 1. The summed E-state index contributed by atoms with van der Waals surface area (Å²) >= 11 is 11.6. The molecule has 1 aromatic carbocycles. The summed E-state index contributed by atoms with van der Waals surface area (Å²) in [6.07, 6.45) is 3.15. The van der Waals surface area contributed by atoms with Crippen LogP contribution in [0, 0.1) is 0 Å². The third kappa shape index (κ3) is 5.43. The topological polar surface area (TPSA) is 83.1 Å². The smallest absolute Gasteiger partial charge is 0.319 e. The molecule has 120 valence electrons. The number of hydrogen-bond acceptors (Lipinski definition) is 3. The van der Waals surface area contributed by atoms with Crippen molar-refractivity contribution in [2.45, 2.75) is 0 Å². The van der Waals surface area contributed by atoms with E-state index in [1.54, 1.807) is 36.7 Å². The summed E-state index contributed by atoms with van der Waals surface area (Å²) in [5, 5.41) is 8.64. The number of halogens is 2. The van der Waals surface area contributed by atoms with Crippen molar-refractivity contribution in [3.8, 4) is 0 Å². The number of nitrogens with one attached hydrogen (secondary N) is 3. The van der Waals surface area contributed by atoms with Crippen LogP contribution in [0.4, 0.5) is 10.5 Å². The lowest BCUT2D eigenvalue weighted by molar-refractivity contribution is 0.0954. The van der Waals surface area contributed by atoms with Gasteiger partial charge in [0.2, 0.25) is 0 Å². The van der Waals surface area contributed by atoms with Gasteiger partial charge in [-0.3, -0.25) is 9.78 Å². The van der Waals surface area contributed by atoms with E-state index >= 15 is 0 Å². The summed E-state index contributed by atoms with van der Waals surface area (Å²) in [5.74, 6) is -0.292. The van der Waals surface area contributed by atoms with Gasteiger partial charge in [0.1, 0.15) is 0 Å². The molecule has 0 fully saturated rings. The Hall–Kier alpha value is -2.31. The molecule has 8 heteroatoms. The zero-order valence-corrected chi connectivity index (χ0v) is 13.5. The van der Waals surface area contributed by atoms with Crippen LogP contribution < -0.4 is 16.0 Å². The number of aromatic nitrogens is 1. The second-order valence-electron chi connectivity index (χ2n) is 4.50. The molecule has 0 saturated carbocycles. The molecule has 0 aliphatic heterocycles. The van der Waals surface area contributed by atoms with Crippen LogP contribution in [0.3, 0.4) is 0 Å². The van der Waals surface area contributed by atoms with Crippen molar-refractivity contribution in [2.24, 2.45) is 0 Å². The molecule has 2 aromatic rings. The van der Waals surface area contributed by atoms with E-state index in [9.17, 15) is 9.59 Å². The monoisotopic (exact) mass is 352 g/mol. The number of anilines is 1. The van der Waals surface area contributed by atoms with Crippen molar-refractivity contribution in [1.82, 2.24) is 15.6 Å². The average molecular weight is 353 g/mol. The van der Waals surface area contributed by atoms with Crippen LogP contribution in [0.1, 0.15) is 10.4 Å². The minimum atomic E-state index is -0.361. The van der Waals surface area contributed by atoms with Crippen molar-refractivity contribution in [1.29, 1.82) is 0 Å². The highest BCUT2D eigenvalue weighted by atomic mass is 35.5. The Bertz CT molecular complexity index is 695. The SMILES string of the molecule is O=C(NCCNC(=O)c1ccc(Cl)c(Cl)c1)Nc1ccncc1. The molecular formula is C15H14Cl2N4O2. The van der Waals surface area contributed by atoms with E-state index in [2.05, 4.69) is 20.9 Å². The minimum absolute atomic E-state index is 0.281. The van der Waals surface area contributed by atoms with Gasteiger partial charge in [-0.2, -0.15) is 0 Å². The molecule has 0 saturated heterocycles. The van der Waals surface area contributed by atoms with Crippen LogP contribution in [0.5, 0.6) is 0 Å². The van der Waals surface area contributed by atoms with Gasteiger partial charge in [0.05, 0.1) is 10.0 Å². The zero-order chi connectivity index (χ0) is 16.7. The Kier molecular flexibility index (Phi) is 6.19. The summed E-state index contributed by atoms with van der Waals surface area (Å²) in [6.45, 7) is 0.562. The average Bonchev–Trinajstić information content (AvgIpc) is 2.55. The first-order chi connectivity index (χ1) is 11.1. The molecule has 6 nitrogen and oxygen atoms in total. The maximum atomic E-state index is 11.9. The van der Waals surface area contributed by atoms with E-state index < -0.39 is 0 Å². The number of hydrogen-bond donors (Lipinski definition) is 3. The molecule has 1 aromatic heterocycles. The number of carbonyl (C=O) groups excluding carboxylic acids is 2. The first-order valence-corrected chi connectivity index (χ1v) is 7.50. The van der Waals surface area contributed by atoms with E-state index in [1.165, 1.54) is 6.07 Å². The van der Waals surface area contributed by atoms with Gasteiger partial charge in [-0.05, 0) is 30.3 Å². The zero-order valence-electron chi connectivity index (χ0n) is 12.0. The van der Waals surface area contributed by atoms with Crippen LogP contribution in [0.25, 0.3) is 0 Å². The number of amides is 3. The molecule has 0 aliphatic rings. The highest BCUT2D eigenvalue weighted by Crippen LogP contribution is 2.22. The fourth-order valence-corrected chi connectivity index (χ4v) is 2.00. The van der Waals surface area contributed by atoms with Gasteiger partial charge >= 0.3 is 6.03 Å². The maximum Gasteiger partial charge on any atom is 0.319 e. The first kappa shape index (κ1) is 17.1. The standard InChI is InChI=1S/C15H14Cl2N4O2/c16-12-2-1-10(9-13(12)17)14(22)19-7-8-20-15(23)21-11-3-5-18-6-4-11/h1-6,9H,7-8H2,(H,19,22)(H2,18,20,21,23). The maximum absolute atomic E-state index is 11.9. The minimum Gasteiger partial charge on any atom is -0.350 e. The molecule has 2 rings (SSSR count). The van der Waals surface area contributed by atoms with Gasteiger partial charge in [-0.15, -0.1) is 0 Å². The number of pyridine rings is 1. The van der Waals surface area contributed by atoms with Crippen LogP contribution in [0.15, 0.2) is 42.7 Å². The predicted molar refractivity (Wildman–Crippen MR) is 90.1 cm³/mol. The van der Waals surface area contributed by atoms with Gasteiger partial charge in [0.25, 0.3) is 5.91 Å². The van der Waals surface area contributed by atoms with E-state index in [0.717, 1.165) is 0 Å². The Morgan fingerprint density at radius 3 is 2.35 bits per heavy atom. The fraction of sp³-hybridized carbons (Fsp3) is 0.133. The molecule has 0 bridgehead atoms. The van der Waals surface area contributed by atoms with E-state index in [0.29, 0.717) is 21.3 Å². The number of benzene rings is 1. The molecular weight excluding hydrogens is 339 g/mol. The second kappa shape index (κ2) is 8.36. The van der Waals surface area contributed by atoms with Crippen LogP contribution in [0.2, 0.25) is 10.0 Å². The predicted octanol–water partition coefficient (Wildman–Crippen LogP) is 2.94. The highest BCUT2D eigenvalue weighted by Gasteiger charge is 2.07. The fourth-order valence-electron chi connectivity index (χ4n) is 1.70. The second-order valence-corrected chi connectivity index (χ2v) is 5.32. The third-order valence-corrected chi connectivity index (χ3v) is 3.56. The van der Waals surface area contributed by atoms with Gasteiger partial charge in [0, 0.05) is 36.7 Å². The number of carbonyl (C=O) groups is 2. The van der Waals surface area contributed by atoms with Gasteiger partial charge in [0.15, 0.2) is 0 Å². The molecule has 0 unspecified atom stereocenters. The van der Waals surface area contributed by atoms with E-state index in [4.69, 9.17) is 23.2 Å². The highest BCUT2D eigenvalue weighted by molar-refractivity contribution is 6.42. The molecule has 1 heterocycles. The largest absolute Gasteiger partial charge is 0.350 e. The summed E-state index contributed by atoms with van der Waals surface area (Å²) in [6, 6.07) is 7.60. The molecule has 0 aliphatic carbocycles. The van der Waals surface area contributed by atoms with Crippen molar-refractivity contribution in [2.75, 3.05) is 18.4 Å². The van der Waals surface area contributed by atoms with Crippen molar-refractivity contribution < 1.29 is 9.59 Å². The molecule has 3 N–H and O–H groups in total. The van der Waals surface area contributed by atoms with Gasteiger partial charge < -0.3 is 16.0 Å². The van der Waals surface area contributed by atoms with Crippen molar-refractivity contribution >= 4 is 40.8 Å². The lowest BCUT2D eigenvalue weighted by atomic mass is 10.2. The number of nitrogens with zero attached hydrogens (tertiary/aromatic N) is 1. The number of rotatable bonds is 5. The Balaban J connectivity index is 1.71. The van der Waals surface area contributed by atoms with Gasteiger partial charge in [-0.1, -0.05) is 23.2 Å². The molecule has 0 atom stereocenters. The Labute approximate surface area is 143 Å². The van der Waals surface area contributed by atoms with Crippen LogP contribution in [-0.2, 0) is 0 Å². The lowest BCUT2D eigenvalue weighted by Crippen LogP contribution is -2.36. The molecule has 0 radical (unpaired) electrons. The molecule has 23 heavy (non-hydrogen) atoms. The summed E-state index contributed by atoms with van der Waals surface area (Å²) in [7, 11) is 0. The Morgan fingerprint density at radius 2 is 1.65 bits per heavy atom. The van der Waals surface area contributed by atoms with Crippen LogP contribution >= 0.6 is 23.2 Å².